The van der Waals surface area contributed by atoms with Gasteiger partial charge in [0.1, 0.15) is 12.4 Å². The highest BCUT2D eigenvalue weighted by atomic mass is 19.1. The Morgan fingerprint density at radius 1 is 1.38 bits per heavy atom. The molecule has 0 aliphatic rings. The van der Waals surface area contributed by atoms with Crippen molar-refractivity contribution in [1.29, 1.82) is 0 Å². The minimum atomic E-state index is -0.549. The fourth-order valence-corrected chi connectivity index (χ4v) is 2.20. The van der Waals surface area contributed by atoms with Crippen LogP contribution in [-0.2, 0) is 11.3 Å². The van der Waals surface area contributed by atoms with Crippen LogP contribution >= 0.6 is 0 Å². The number of carbonyl (C=O) groups excluding carboxylic acids is 1. The molecule has 1 heterocycles. The number of methoxy groups -OCH3 is 1. The summed E-state index contributed by atoms with van der Waals surface area (Å²) < 4.78 is 25.5. The van der Waals surface area contributed by atoms with Crippen molar-refractivity contribution in [3.8, 4) is 5.75 Å². The summed E-state index contributed by atoms with van der Waals surface area (Å²) in [5, 5.41) is 0.639. The van der Waals surface area contributed by atoms with Crippen LogP contribution < -0.4 is 4.74 Å². The van der Waals surface area contributed by atoms with Crippen molar-refractivity contribution in [2.75, 3.05) is 13.7 Å². The number of hydrogen-bond acceptors (Lipinski definition) is 3. The minimum absolute atomic E-state index is 0.231. The van der Waals surface area contributed by atoms with E-state index in [0.29, 0.717) is 23.2 Å². The molecule has 0 bridgehead atoms. The van der Waals surface area contributed by atoms with Crippen molar-refractivity contribution in [3.63, 3.8) is 0 Å². The van der Waals surface area contributed by atoms with Gasteiger partial charge in [0.05, 0.1) is 12.6 Å². The molecule has 0 N–H and O–H groups in total. The molecule has 0 fully saturated rings. The summed E-state index contributed by atoms with van der Waals surface area (Å²) in [7, 11) is 1.29. The fraction of sp³-hybridized carbons (Fsp3) is 0.188. The van der Waals surface area contributed by atoms with Crippen LogP contribution in [0.2, 0.25) is 0 Å². The lowest BCUT2D eigenvalue weighted by Gasteiger charge is -2.08. The average molecular weight is 289 g/mol. The number of ether oxygens (including phenoxy) is 2. The van der Waals surface area contributed by atoms with Gasteiger partial charge in [-0.25, -0.2) is 9.18 Å². The van der Waals surface area contributed by atoms with E-state index in [4.69, 9.17) is 9.47 Å². The topological polar surface area (TPSA) is 40.5 Å². The zero-order valence-electron chi connectivity index (χ0n) is 11.8. The number of carbonyl (C=O) groups is 1. The minimum Gasteiger partial charge on any atom is -0.486 e. The lowest BCUT2D eigenvalue weighted by Crippen LogP contribution is -2.12. The number of esters is 1. The predicted molar refractivity (Wildman–Crippen MR) is 79.1 cm³/mol. The van der Waals surface area contributed by atoms with Crippen LogP contribution in [0.5, 0.6) is 5.75 Å². The van der Waals surface area contributed by atoms with Gasteiger partial charge in [0.15, 0.2) is 11.4 Å². The van der Waals surface area contributed by atoms with Crippen molar-refractivity contribution < 1.29 is 18.7 Å². The number of aromatic nitrogens is 1. The first-order valence-corrected chi connectivity index (χ1v) is 6.38. The molecule has 0 unspecified atom stereocenters. The van der Waals surface area contributed by atoms with Crippen LogP contribution in [0.15, 0.2) is 43.5 Å². The van der Waals surface area contributed by atoms with E-state index >= 15 is 0 Å². The van der Waals surface area contributed by atoms with E-state index in [1.54, 1.807) is 22.8 Å². The molecule has 5 heteroatoms. The summed E-state index contributed by atoms with van der Waals surface area (Å²) >= 11 is 0. The Morgan fingerprint density at radius 3 is 2.76 bits per heavy atom. The third-order valence-electron chi connectivity index (χ3n) is 3.02. The Balaban J connectivity index is 2.78. The number of nitrogens with zero attached hydrogens (tertiary/aromatic N) is 1. The Kier molecular flexibility index (Phi) is 4.42. The van der Waals surface area contributed by atoms with Crippen LogP contribution in [0.1, 0.15) is 10.5 Å². The van der Waals surface area contributed by atoms with Gasteiger partial charge in [-0.15, -0.1) is 6.58 Å². The van der Waals surface area contributed by atoms with Gasteiger partial charge in [0.25, 0.3) is 0 Å². The molecular weight excluding hydrogens is 273 g/mol. The highest BCUT2D eigenvalue weighted by Gasteiger charge is 2.24. The van der Waals surface area contributed by atoms with Crippen molar-refractivity contribution >= 4 is 16.9 Å². The van der Waals surface area contributed by atoms with Crippen LogP contribution in [0, 0.1) is 5.82 Å². The van der Waals surface area contributed by atoms with Gasteiger partial charge in [-0.3, -0.25) is 0 Å². The third-order valence-corrected chi connectivity index (χ3v) is 3.02. The predicted octanol–water partition coefficient (Wildman–Crippen LogP) is 3.32. The van der Waals surface area contributed by atoms with Crippen molar-refractivity contribution in [1.82, 2.24) is 4.57 Å². The summed E-state index contributed by atoms with van der Waals surface area (Å²) in [5.74, 6) is -0.580. The molecule has 2 aromatic rings. The van der Waals surface area contributed by atoms with E-state index in [0.717, 1.165) is 0 Å². The normalized spacial score (nSPS) is 10.4. The Labute approximate surface area is 122 Å². The Hall–Kier alpha value is -2.56. The van der Waals surface area contributed by atoms with Crippen LogP contribution in [0.25, 0.3) is 10.9 Å². The second-order valence-corrected chi connectivity index (χ2v) is 4.33. The van der Waals surface area contributed by atoms with E-state index in [1.807, 2.05) is 0 Å². The molecule has 21 heavy (non-hydrogen) atoms. The van der Waals surface area contributed by atoms with Crippen LogP contribution in [-0.4, -0.2) is 24.3 Å². The molecule has 0 aliphatic heterocycles. The number of hydrogen-bond donors (Lipinski definition) is 0. The lowest BCUT2D eigenvalue weighted by molar-refractivity contribution is 0.0585. The number of fused-ring (bicyclic) bond motifs is 1. The maximum absolute atomic E-state index is 13.5. The van der Waals surface area contributed by atoms with Crippen molar-refractivity contribution in [2.45, 2.75) is 6.54 Å². The molecule has 0 spiro atoms. The second-order valence-electron chi connectivity index (χ2n) is 4.33. The first-order valence-electron chi connectivity index (χ1n) is 6.38. The molecule has 1 aromatic heterocycles. The van der Waals surface area contributed by atoms with E-state index < -0.39 is 11.8 Å². The number of halogens is 1. The SMILES string of the molecule is C=CCOc1c(C(=O)OC)n(CC=C)c2cc(F)ccc12. The molecule has 0 amide bonds. The van der Waals surface area contributed by atoms with E-state index in [2.05, 4.69) is 13.2 Å². The van der Waals surface area contributed by atoms with E-state index in [1.165, 1.54) is 19.2 Å². The summed E-state index contributed by atoms with van der Waals surface area (Å²) in [6, 6.07) is 4.25. The maximum atomic E-state index is 13.5. The van der Waals surface area contributed by atoms with Crippen molar-refractivity contribution in [2.24, 2.45) is 0 Å². The van der Waals surface area contributed by atoms with Gasteiger partial charge >= 0.3 is 5.97 Å². The quantitative estimate of drug-likeness (QED) is 0.605. The van der Waals surface area contributed by atoms with Gasteiger partial charge in [-0.2, -0.15) is 0 Å². The summed E-state index contributed by atoms with van der Waals surface area (Å²) in [6.45, 7) is 7.81. The summed E-state index contributed by atoms with van der Waals surface area (Å²) in [4.78, 5) is 12.1. The Bertz CT molecular complexity index is 703. The standard InChI is InChI=1S/C16H16FNO3/c1-4-8-18-13-10-11(17)6-7-12(13)15(21-9-5-2)14(18)16(19)20-3/h4-7,10H,1-2,8-9H2,3H3. The molecule has 0 saturated carbocycles. The third kappa shape index (κ3) is 2.67. The summed E-state index contributed by atoms with van der Waals surface area (Å²) in [5.41, 5.74) is 0.786. The number of benzene rings is 1. The first kappa shape index (κ1) is 14.8. The van der Waals surface area contributed by atoms with Crippen LogP contribution in [0.3, 0.4) is 0 Å². The molecule has 0 atom stereocenters. The van der Waals surface area contributed by atoms with Gasteiger partial charge in [0, 0.05) is 11.9 Å². The molecule has 1 aromatic carbocycles. The number of rotatable bonds is 6. The first-order chi connectivity index (χ1) is 10.1. The molecule has 0 radical (unpaired) electrons. The molecule has 0 aliphatic carbocycles. The van der Waals surface area contributed by atoms with Gasteiger partial charge in [-0.05, 0) is 18.2 Å². The Morgan fingerprint density at radius 2 is 2.14 bits per heavy atom. The highest BCUT2D eigenvalue weighted by molar-refractivity contribution is 6.01. The largest absolute Gasteiger partial charge is 0.486 e. The molecule has 2 rings (SSSR count). The van der Waals surface area contributed by atoms with Crippen LogP contribution in [0.4, 0.5) is 4.39 Å². The monoisotopic (exact) mass is 289 g/mol. The maximum Gasteiger partial charge on any atom is 0.358 e. The van der Waals surface area contributed by atoms with Gasteiger partial charge in [-0.1, -0.05) is 18.7 Å². The highest BCUT2D eigenvalue weighted by Crippen LogP contribution is 2.34. The molecule has 110 valence electrons. The molecule has 4 nitrogen and oxygen atoms in total. The average Bonchev–Trinajstić information content (AvgIpc) is 2.78. The van der Waals surface area contributed by atoms with E-state index in [-0.39, 0.29) is 12.3 Å². The smallest absolute Gasteiger partial charge is 0.358 e. The zero-order chi connectivity index (χ0) is 15.4. The van der Waals surface area contributed by atoms with Gasteiger partial charge < -0.3 is 14.0 Å². The molecular formula is C16H16FNO3. The molecule has 0 saturated heterocycles. The zero-order valence-corrected chi connectivity index (χ0v) is 11.8. The van der Waals surface area contributed by atoms with E-state index in [9.17, 15) is 9.18 Å². The lowest BCUT2D eigenvalue weighted by atomic mass is 10.2. The van der Waals surface area contributed by atoms with Crippen molar-refractivity contribution in [3.05, 3.63) is 55.0 Å². The van der Waals surface area contributed by atoms with Gasteiger partial charge in [0.2, 0.25) is 0 Å². The number of allylic oxidation sites excluding steroid dienone is 1. The fourth-order valence-electron chi connectivity index (χ4n) is 2.20. The second kappa shape index (κ2) is 6.26. The summed E-state index contributed by atoms with van der Waals surface area (Å²) in [6.07, 6.45) is 3.19.